The Labute approximate surface area is 121 Å². The van der Waals surface area contributed by atoms with Crippen LogP contribution in [0, 0.1) is 5.92 Å². The van der Waals surface area contributed by atoms with Crippen molar-refractivity contribution in [3.63, 3.8) is 0 Å². The number of ether oxygens (including phenoxy) is 1. The van der Waals surface area contributed by atoms with Gasteiger partial charge in [-0.2, -0.15) is 0 Å². The van der Waals surface area contributed by atoms with E-state index in [1.54, 1.807) is 13.8 Å². The van der Waals surface area contributed by atoms with Crippen LogP contribution in [0.2, 0.25) is 0 Å². The predicted molar refractivity (Wildman–Crippen MR) is 76.4 cm³/mol. The second-order valence-electron chi connectivity index (χ2n) is 5.86. The third kappa shape index (κ3) is 5.12. The Morgan fingerprint density at radius 1 is 1.25 bits per heavy atom. The third-order valence-corrected chi connectivity index (χ3v) is 3.80. The average molecular weight is 285 g/mol. The van der Waals surface area contributed by atoms with E-state index in [1.807, 2.05) is 6.92 Å². The van der Waals surface area contributed by atoms with Gasteiger partial charge in [-0.3, -0.25) is 4.79 Å². The van der Waals surface area contributed by atoms with Crippen molar-refractivity contribution in [3.05, 3.63) is 0 Å². The minimum absolute atomic E-state index is 0.141. The molecule has 1 aliphatic carbocycles. The highest BCUT2D eigenvalue weighted by Crippen LogP contribution is 2.22. The smallest absolute Gasteiger partial charge is 0.326 e. The molecule has 0 bridgehead atoms. The molecule has 1 rings (SSSR count). The molecule has 0 aromatic carbocycles. The molecule has 1 amide bonds. The van der Waals surface area contributed by atoms with Gasteiger partial charge >= 0.3 is 5.97 Å². The van der Waals surface area contributed by atoms with E-state index in [2.05, 4.69) is 5.32 Å². The number of hydrogen-bond acceptors (Lipinski definition) is 3. The first kappa shape index (κ1) is 17.0. The van der Waals surface area contributed by atoms with Crippen molar-refractivity contribution in [2.45, 2.75) is 77.5 Å². The van der Waals surface area contributed by atoms with Crippen molar-refractivity contribution in [1.29, 1.82) is 0 Å². The minimum Gasteiger partial charge on any atom is -0.480 e. The summed E-state index contributed by atoms with van der Waals surface area (Å²) in [6.45, 7) is 5.45. The number of aliphatic carboxylic acids is 1. The zero-order chi connectivity index (χ0) is 15.1. The van der Waals surface area contributed by atoms with Crippen LogP contribution in [0.3, 0.4) is 0 Å². The number of carbonyl (C=O) groups is 2. The quantitative estimate of drug-likeness (QED) is 0.753. The lowest BCUT2D eigenvalue weighted by Gasteiger charge is -2.28. The lowest BCUT2D eigenvalue weighted by molar-refractivity contribution is -0.147. The maximum Gasteiger partial charge on any atom is 0.326 e. The lowest BCUT2D eigenvalue weighted by Crippen LogP contribution is -2.49. The highest BCUT2D eigenvalue weighted by atomic mass is 16.5. The molecule has 0 saturated heterocycles. The minimum atomic E-state index is -0.999. The van der Waals surface area contributed by atoms with E-state index in [9.17, 15) is 9.59 Å². The van der Waals surface area contributed by atoms with Crippen LogP contribution < -0.4 is 5.32 Å². The number of carbonyl (C=O) groups excluding carboxylic acids is 1. The Morgan fingerprint density at radius 3 is 2.30 bits per heavy atom. The topological polar surface area (TPSA) is 75.6 Å². The van der Waals surface area contributed by atoms with Crippen LogP contribution in [0.1, 0.15) is 59.3 Å². The van der Waals surface area contributed by atoms with Gasteiger partial charge in [-0.05, 0) is 25.2 Å². The van der Waals surface area contributed by atoms with Crippen LogP contribution >= 0.6 is 0 Å². The van der Waals surface area contributed by atoms with Crippen molar-refractivity contribution in [3.8, 4) is 0 Å². The van der Waals surface area contributed by atoms with Gasteiger partial charge in [0, 0.05) is 0 Å². The summed E-state index contributed by atoms with van der Waals surface area (Å²) < 4.78 is 5.86. The molecule has 0 radical (unpaired) electrons. The predicted octanol–water partition coefficient (Wildman–Crippen LogP) is 2.34. The maximum atomic E-state index is 12.2. The zero-order valence-corrected chi connectivity index (χ0v) is 12.7. The maximum absolute atomic E-state index is 12.2. The molecule has 1 aliphatic rings. The first-order chi connectivity index (χ1) is 9.45. The zero-order valence-electron chi connectivity index (χ0n) is 12.7. The molecule has 5 heteroatoms. The molecule has 0 aromatic heterocycles. The van der Waals surface area contributed by atoms with Gasteiger partial charge in [0.05, 0.1) is 6.10 Å². The van der Waals surface area contributed by atoms with Crippen molar-refractivity contribution < 1.29 is 19.4 Å². The van der Waals surface area contributed by atoms with Gasteiger partial charge in [-0.25, -0.2) is 4.79 Å². The molecule has 0 aromatic rings. The molecule has 20 heavy (non-hydrogen) atoms. The number of amides is 1. The first-order valence-corrected chi connectivity index (χ1v) is 7.64. The number of rotatable bonds is 7. The molecule has 1 saturated carbocycles. The molecule has 1 unspecified atom stereocenters. The van der Waals surface area contributed by atoms with Crippen molar-refractivity contribution >= 4 is 11.9 Å². The summed E-state index contributed by atoms with van der Waals surface area (Å²) in [7, 11) is 0. The Kier molecular flexibility index (Phi) is 6.99. The fourth-order valence-electron chi connectivity index (χ4n) is 2.54. The molecule has 0 spiro atoms. The molecule has 2 atom stereocenters. The van der Waals surface area contributed by atoms with Crippen molar-refractivity contribution in [1.82, 2.24) is 5.32 Å². The second-order valence-corrected chi connectivity index (χ2v) is 5.86. The van der Waals surface area contributed by atoms with Gasteiger partial charge in [-0.1, -0.05) is 40.0 Å². The second kappa shape index (κ2) is 8.25. The SMILES string of the molecule is CCC(OC1CCCCC1)C(=O)N[C@H](C(=O)O)C(C)C. The van der Waals surface area contributed by atoms with Crippen LogP contribution in [-0.2, 0) is 14.3 Å². The Morgan fingerprint density at radius 2 is 1.85 bits per heavy atom. The Hall–Kier alpha value is -1.10. The Bertz CT molecular complexity index is 324. The highest BCUT2D eigenvalue weighted by Gasteiger charge is 2.29. The van der Waals surface area contributed by atoms with Crippen LogP contribution in [-0.4, -0.2) is 35.2 Å². The van der Waals surface area contributed by atoms with Gasteiger partial charge in [0.2, 0.25) is 5.91 Å². The molecule has 2 N–H and O–H groups in total. The first-order valence-electron chi connectivity index (χ1n) is 7.64. The summed E-state index contributed by atoms with van der Waals surface area (Å²) in [5, 5.41) is 11.7. The van der Waals surface area contributed by atoms with Crippen molar-refractivity contribution in [2.75, 3.05) is 0 Å². The van der Waals surface area contributed by atoms with Gasteiger partial charge in [0.1, 0.15) is 12.1 Å². The summed E-state index contributed by atoms with van der Waals surface area (Å²) >= 11 is 0. The van der Waals surface area contributed by atoms with Crippen LogP contribution in [0.15, 0.2) is 0 Å². The van der Waals surface area contributed by atoms with E-state index in [4.69, 9.17) is 9.84 Å². The van der Waals surface area contributed by atoms with E-state index >= 15 is 0 Å². The molecular formula is C15H27NO4. The fraction of sp³-hybridized carbons (Fsp3) is 0.867. The normalized spacial score (nSPS) is 19.6. The van der Waals surface area contributed by atoms with Gasteiger partial charge in [0.25, 0.3) is 0 Å². The van der Waals surface area contributed by atoms with E-state index in [0.717, 1.165) is 25.7 Å². The molecular weight excluding hydrogens is 258 g/mol. The van der Waals surface area contributed by atoms with E-state index in [0.29, 0.717) is 6.42 Å². The van der Waals surface area contributed by atoms with E-state index < -0.39 is 18.1 Å². The number of hydrogen-bond donors (Lipinski definition) is 2. The van der Waals surface area contributed by atoms with Gasteiger partial charge in [-0.15, -0.1) is 0 Å². The lowest BCUT2D eigenvalue weighted by atomic mass is 9.97. The summed E-state index contributed by atoms with van der Waals surface area (Å²) in [4.78, 5) is 23.3. The largest absolute Gasteiger partial charge is 0.480 e. The molecule has 1 fully saturated rings. The highest BCUT2D eigenvalue weighted by molar-refractivity contribution is 5.86. The van der Waals surface area contributed by atoms with E-state index in [1.165, 1.54) is 6.42 Å². The molecule has 0 aliphatic heterocycles. The van der Waals surface area contributed by atoms with Crippen molar-refractivity contribution in [2.24, 2.45) is 5.92 Å². The monoisotopic (exact) mass is 285 g/mol. The number of carboxylic acids is 1. The summed E-state index contributed by atoms with van der Waals surface area (Å²) in [6, 6.07) is -0.855. The van der Waals surface area contributed by atoms with Crippen LogP contribution in [0.25, 0.3) is 0 Å². The Balaban J connectivity index is 2.54. The molecule has 0 heterocycles. The fourth-order valence-corrected chi connectivity index (χ4v) is 2.54. The molecule has 5 nitrogen and oxygen atoms in total. The summed E-state index contributed by atoms with van der Waals surface area (Å²) in [5.74, 6) is -1.45. The summed E-state index contributed by atoms with van der Waals surface area (Å²) in [6.07, 6.45) is 5.68. The standard InChI is InChI=1S/C15H27NO4/c1-4-12(20-11-8-6-5-7-9-11)14(17)16-13(10(2)3)15(18)19/h10-13H,4-9H2,1-3H3,(H,16,17)(H,18,19)/t12?,13-/m0/s1. The number of nitrogens with one attached hydrogen (secondary N) is 1. The van der Waals surface area contributed by atoms with E-state index in [-0.39, 0.29) is 17.9 Å². The van der Waals surface area contributed by atoms with Crippen LogP contribution in [0.5, 0.6) is 0 Å². The molecule has 116 valence electrons. The van der Waals surface area contributed by atoms with Crippen LogP contribution in [0.4, 0.5) is 0 Å². The number of carboxylic acid groups (broad SMARTS) is 1. The van der Waals surface area contributed by atoms with Gasteiger partial charge < -0.3 is 15.2 Å². The average Bonchev–Trinajstić information content (AvgIpc) is 2.42. The van der Waals surface area contributed by atoms with Gasteiger partial charge in [0.15, 0.2) is 0 Å². The summed E-state index contributed by atoms with van der Waals surface area (Å²) in [5.41, 5.74) is 0. The third-order valence-electron chi connectivity index (χ3n) is 3.80.